The molecule has 0 N–H and O–H groups in total. The second kappa shape index (κ2) is 5.28. The van der Waals surface area contributed by atoms with Crippen molar-refractivity contribution in [2.24, 2.45) is 0 Å². The number of alkyl halides is 6. The van der Waals surface area contributed by atoms with Gasteiger partial charge in [0.25, 0.3) is 15.2 Å². The van der Waals surface area contributed by atoms with Crippen LogP contribution in [0.5, 0.6) is 5.88 Å². The second-order valence-electron chi connectivity index (χ2n) is 3.33. The molecule has 1 heterocycles. The smallest absolute Gasteiger partial charge is 0.434 e. The van der Waals surface area contributed by atoms with E-state index in [1.54, 1.807) is 0 Å². The molecule has 0 saturated heterocycles. The van der Waals surface area contributed by atoms with Crippen LogP contribution in [0, 0.1) is 0 Å². The van der Waals surface area contributed by atoms with Crippen molar-refractivity contribution in [2.75, 3.05) is 0 Å². The summed E-state index contributed by atoms with van der Waals surface area (Å²) in [5, 5.41) is 0. The summed E-state index contributed by atoms with van der Waals surface area (Å²) in [6, 6.07) is 1.62. The van der Waals surface area contributed by atoms with E-state index in [0.717, 1.165) is 12.3 Å². The van der Waals surface area contributed by atoms with Crippen LogP contribution in [0.1, 0.15) is 0 Å². The molecule has 0 unspecified atom stereocenters. The zero-order chi connectivity index (χ0) is 15.8. The normalized spacial score (nSPS) is 13.6. The van der Waals surface area contributed by atoms with Crippen molar-refractivity contribution in [1.29, 1.82) is 0 Å². The predicted molar refractivity (Wildman–Crippen MR) is 53.8 cm³/mol. The first-order valence-corrected chi connectivity index (χ1v) is 6.84. The lowest BCUT2D eigenvalue weighted by molar-refractivity contribution is -0.300. The molecule has 0 aromatic carbocycles. The van der Waals surface area contributed by atoms with Crippen LogP contribution in [0.25, 0.3) is 0 Å². The highest BCUT2D eigenvalue weighted by atomic mass is 35.7. The highest BCUT2D eigenvalue weighted by molar-refractivity contribution is 8.13. The van der Waals surface area contributed by atoms with E-state index in [9.17, 15) is 34.8 Å². The molecule has 20 heavy (non-hydrogen) atoms. The highest BCUT2D eigenvalue weighted by Crippen LogP contribution is 2.37. The fourth-order valence-corrected chi connectivity index (χ4v) is 1.98. The molecule has 0 atom stereocenters. The molecule has 0 aliphatic rings. The fourth-order valence-electron chi connectivity index (χ4n) is 1.08. The number of pyridine rings is 1. The molecule has 0 saturated carbocycles. The van der Waals surface area contributed by atoms with Crippen molar-refractivity contribution in [1.82, 2.24) is 4.98 Å². The van der Waals surface area contributed by atoms with Crippen molar-refractivity contribution in [2.45, 2.75) is 23.4 Å². The molecule has 0 spiro atoms. The van der Waals surface area contributed by atoms with Gasteiger partial charge in [-0.2, -0.15) is 26.3 Å². The molecule has 0 bridgehead atoms. The molecule has 0 aliphatic carbocycles. The topological polar surface area (TPSA) is 56.3 Å². The minimum atomic E-state index is -5.80. The Morgan fingerprint density at radius 2 is 1.65 bits per heavy atom. The summed E-state index contributed by atoms with van der Waals surface area (Å²) in [7, 11) is 0.245. The van der Waals surface area contributed by atoms with Crippen LogP contribution in [0.2, 0.25) is 0 Å². The van der Waals surface area contributed by atoms with Gasteiger partial charge in [-0.3, -0.25) is 0 Å². The van der Waals surface area contributed by atoms with E-state index in [-0.39, 0.29) is 0 Å². The Morgan fingerprint density at radius 3 is 2.05 bits per heavy atom. The molecule has 0 aliphatic heterocycles. The molecular formula is C8H4ClF6NO3S. The molecule has 1 aromatic heterocycles. The number of nitrogens with zero attached hydrogens (tertiary/aromatic N) is 1. The predicted octanol–water partition coefficient (Wildman–Crippen LogP) is 2.88. The zero-order valence-electron chi connectivity index (χ0n) is 9.04. The van der Waals surface area contributed by atoms with Crippen molar-refractivity contribution < 1.29 is 39.5 Å². The van der Waals surface area contributed by atoms with E-state index >= 15 is 0 Å². The maximum atomic E-state index is 12.3. The van der Waals surface area contributed by atoms with Gasteiger partial charge in [0.1, 0.15) is 4.90 Å². The number of aromatic nitrogens is 1. The van der Waals surface area contributed by atoms with Gasteiger partial charge in [0.15, 0.2) is 0 Å². The van der Waals surface area contributed by atoms with Crippen LogP contribution in [-0.4, -0.2) is 31.9 Å². The number of rotatable bonds is 3. The van der Waals surface area contributed by atoms with E-state index in [0.29, 0.717) is 6.07 Å². The van der Waals surface area contributed by atoms with Crippen molar-refractivity contribution in [3.8, 4) is 5.88 Å². The van der Waals surface area contributed by atoms with E-state index in [1.165, 1.54) is 0 Å². The van der Waals surface area contributed by atoms with Crippen LogP contribution < -0.4 is 4.74 Å². The van der Waals surface area contributed by atoms with Gasteiger partial charge in [-0.1, -0.05) is 0 Å². The summed E-state index contributed by atoms with van der Waals surface area (Å²) < 4.78 is 99.4. The van der Waals surface area contributed by atoms with Gasteiger partial charge in [0.2, 0.25) is 5.88 Å². The number of ether oxygens (including phenoxy) is 1. The molecular weight excluding hydrogens is 340 g/mol. The Balaban J connectivity index is 3.27. The van der Waals surface area contributed by atoms with Crippen LogP contribution in [-0.2, 0) is 9.05 Å². The van der Waals surface area contributed by atoms with Gasteiger partial charge in [-0.25, -0.2) is 13.4 Å². The maximum Gasteiger partial charge on any atom is 0.434 e. The molecule has 1 aromatic rings. The van der Waals surface area contributed by atoms with E-state index in [1.807, 2.05) is 0 Å². The molecule has 114 valence electrons. The van der Waals surface area contributed by atoms with Gasteiger partial charge in [-0.15, -0.1) is 0 Å². The third kappa shape index (κ3) is 4.13. The zero-order valence-corrected chi connectivity index (χ0v) is 10.6. The molecule has 1 rings (SSSR count). The molecule has 0 fully saturated rings. The first-order chi connectivity index (χ1) is 8.83. The largest absolute Gasteiger partial charge is 0.454 e. The van der Waals surface area contributed by atoms with Crippen molar-refractivity contribution in [3.63, 3.8) is 0 Å². The summed E-state index contributed by atoms with van der Waals surface area (Å²) in [4.78, 5) is 1.93. The lowest BCUT2D eigenvalue weighted by Gasteiger charge is -2.23. The van der Waals surface area contributed by atoms with Gasteiger partial charge >= 0.3 is 12.4 Å². The molecule has 4 nitrogen and oxygen atoms in total. The summed E-state index contributed by atoms with van der Waals surface area (Å²) >= 11 is 0. The second-order valence-corrected chi connectivity index (χ2v) is 5.86. The summed E-state index contributed by atoms with van der Waals surface area (Å²) in [6.07, 6.45) is -15.1. The first-order valence-electron chi connectivity index (χ1n) is 4.53. The van der Waals surface area contributed by atoms with Crippen molar-refractivity contribution >= 4 is 19.7 Å². The Bertz CT molecular complexity index is 571. The monoisotopic (exact) mass is 343 g/mol. The minimum Gasteiger partial charge on any atom is -0.454 e. The quantitative estimate of drug-likeness (QED) is 0.625. The van der Waals surface area contributed by atoms with E-state index < -0.39 is 38.3 Å². The fraction of sp³-hybridized carbons (Fsp3) is 0.375. The standard InChI is InChI=1S/C8H4ClF6NO3S/c9-20(17,18)4-2-1-3-16-5(4)19-6(7(10,11)12)8(13,14)15/h1-3,6H. The van der Waals surface area contributed by atoms with Gasteiger partial charge in [0.05, 0.1) is 0 Å². The number of hydrogen-bond donors (Lipinski definition) is 0. The van der Waals surface area contributed by atoms with Gasteiger partial charge < -0.3 is 4.74 Å². The van der Waals surface area contributed by atoms with Crippen molar-refractivity contribution in [3.05, 3.63) is 18.3 Å². The Morgan fingerprint density at radius 1 is 1.15 bits per heavy atom. The van der Waals surface area contributed by atoms with Crippen LogP contribution >= 0.6 is 10.7 Å². The molecule has 0 amide bonds. The highest BCUT2D eigenvalue weighted by Gasteiger charge is 2.59. The third-order valence-corrected chi connectivity index (χ3v) is 3.16. The van der Waals surface area contributed by atoms with Crippen LogP contribution in [0.4, 0.5) is 26.3 Å². The Labute approximate surface area is 112 Å². The van der Waals surface area contributed by atoms with Gasteiger partial charge in [-0.05, 0) is 12.1 Å². The Hall–Kier alpha value is -1.23. The molecule has 0 radical (unpaired) electrons. The van der Waals surface area contributed by atoms with E-state index in [2.05, 4.69) is 9.72 Å². The number of halogens is 7. The van der Waals surface area contributed by atoms with Gasteiger partial charge in [0, 0.05) is 16.9 Å². The lowest BCUT2D eigenvalue weighted by Crippen LogP contribution is -2.46. The maximum absolute atomic E-state index is 12.3. The third-order valence-electron chi connectivity index (χ3n) is 1.82. The average Bonchev–Trinajstić information content (AvgIpc) is 2.22. The summed E-state index contributed by atoms with van der Waals surface area (Å²) in [5.74, 6) is -1.39. The Kier molecular flexibility index (Phi) is 4.44. The first kappa shape index (κ1) is 16.8. The minimum absolute atomic E-state index is 0.661. The van der Waals surface area contributed by atoms with Crippen LogP contribution in [0.15, 0.2) is 23.2 Å². The summed E-state index contributed by atoms with van der Waals surface area (Å²) in [5.41, 5.74) is 0. The van der Waals surface area contributed by atoms with Crippen LogP contribution in [0.3, 0.4) is 0 Å². The average molecular weight is 344 g/mol. The lowest BCUT2D eigenvalue weighted by atomic mass is 10.3. The van der Waals surface area contributed by atoms with E-state index in [4.69, 9.17) is 10.7 Å². The number of hydrogen-bond acceptors (Lipinski definition) is 4. The molecule has 12 heteroatoms. The SMILES string of the molecule is O=S(=O)(Cl)c1cccnc1OC(C(F)(F)F)C(F)(F)F. The summed E-state index contributed by atoms with van der Waals surface area (Å²) in [6.45, 7) is 0.